The highest BCUT2D eigenvalue weighted by atomic mass is 127. The van der Waals surface area contributed by atoms with Gasteiger partial charge in [-0.25, -0.2) is 4.98 Å². The molecule has 0 aliphatic rings. The molecule has 1 rings (SSSR count). The van der Waals surface area contributed by atoms with Gasteiger partial charge in [-0.2, -0.15) is 0 Å². The van der Waals surface area contributed by atoms with Crippen molar-refractivity contribution in [1.82, 2.24) is 15.6 Å². The fourth-order valence-corrected chi connectivity index (χ4v) is 1.87. The summed E-state index contributed by atoms with van der Waals surface area (Å²) in [5.74, 6) is 1.99. The Morgan fingerprint density at radius 3 is 2.57 bits per heavy atom. The van der Waals surface area contributed by atoms with Gasteiger partial charge in [0.2, 0.25) is 0 Å². The molecule has 1 aromatic heterocycles. The van der Waals surface area contributed by atoms with Gasteiger partial charge in [-0.15, -0.1) is 24.0 Å². The first-order valence-corrected chi connectivity index (χ1v) is 7.28. The summed E-state index contributed by atoms with van der Waals surface area (Å²) < 4.78 is 0. The molecule has 1 aromatic rings. The smallest absolute Gasteiger partial charge is 0.191 e. The van der Waals surface area contributed by atoms with Crippen LogP contribution in [0.25, 0.3) is 0 Å². The molecule has 8 heteroatoms. The second-order valence-corrected chi connectivity index (χ2v) is 5.53. The summed E-state index contributed by atoms with van der Waals surface area (Å²) in [6.07, 6.45) is 1.56. The number of halogens is 3. The molecule has 0 aromatic carbocycles. The third-order valence-corrected chi connectivity index (χ3v) is 2.91. The third-order valence-electron chi connectivity index (χ3n) is 2.42. The fraction of sp³-hybridized carbons (Fsp3) is 0.538. The highest BCUT2D eigenvalue weighted by Gasteiger charge is 2.02. The van der Waals surface area contributed by atoms with E-state index in [2.05, 4.69) is 39.8 Å². The number of hydrogen-bond acceptors (Lipinski definition) is 3. The lowest BCUT2D eigenvalue weighted by molar-refractivity contribution is 0.615. The van der Waals surface area contributed by atoms with E-state index in [-0.39, 0.29) is 24.0 Å². The van der Waals surface area contributed by atoms with Crippen molar-refractivity contribution >= 4 is 59.0 Å². The highest BCUT2D eigenvalue weighted by Crippen LogP contribution is 2.21. The van der Waals surface area contributed by atoms with Crippen LogP contribution in [0, 0.1) is 5.92 Å². The normalized spacial score (nSPS) is 11.0. The average molecular weight is 446 g/mol. The molecule has 5 nitrogen and oxygen atoms in total. The van der Waals surface area contributed by atoms with Crippen LogP contribution in [0.15, 0.2) is 17.3 Å². The quantitative estimate of drug-likeness (QED) is 0.272. The number of nitrogens with zero attached hydrogens (tertiary/aromatic N) is 2. The number of guanidine groups is 1. The monoisotopic (exact) mass is 445 g/mol. The molecule has 0 radical (unpaired) electrons. The minimum absolute atomic E-state index is 0. The summed E-state index contributed by atoms with van der Waals surface area (Å²) in [6, 6.07) is 1.66. The van der Waals surface area contributed by atoms with Gasteiger partial charge in [-0.3, -0.25) is 4.99 Å². The van der Waals surface area contributed by atoms with E-state index in [1.54, 1.807) is 19.3 Å². The maximum Gasteiger partial charge on any atom is 0.191 e. The Kier molecular flexibility index (Phi) is 10.9. The van der Waals surface area contributed by atoms with Gasteiger partial charge >= 0.3 is 0 Å². The molecule has 0 amide bonds. The topological polar surface area (TPSA) is 61.3 Å². The lowest BCUT2D eigenvalue weighted by Crippen LogP contribution is -2.41. The van der Waals surface area contributed by atoms with E-state index in [0.717, 1.165) is 12.5 Å². The fourth-order valence-electron chi connectivity index (χ4n) is 1.43. The van der Waals surface area contributed by atoms with Gasteiger partial charge < -0.3 is 16.0 Å². The molecule has 0 saturated carbocycles. The van der Waals surface area contributed by atoms with Crippen molar-refractivity contribution < 1.29 is 0 Å². The minimum Gasteiger partial charge on any atom is -0.367 e. The summed E-state index contributed by atoms with van der Waals surface area (Å²) in [7, 11) is 1.75. The van der Waals surface area contributed by atoms with Gasteiger partial charge in [0.25, 0.3) is 0 Å². The lowest BCUT2D eigenvalue weighted by Gasteiger charge is -2.14. The first kappa shape index (κ1) is 20.5. The van der Waals surface area contributed by atoms with E-state index < -0.39 is 0 Å². The molecule has 0 saturated heterocycles. The van der Waals surface area contributed by atoms with Gasteiger partial charge in [-0.05, 0) is 12.0 Å². The van der Waals surface area contributed by atoms with Gasteiger partial charge in [0.1, 0.15) is 5.82 Å². The van der Waals surface area contributed by atoms with Gasteiger partial charge in [0, 0.05) is 32.9 Å². The molecule has 3 N–H and O–H groups in total. The number of hydrogen-bond donors (Lipinski definition) is 3. The van der Waals surface area contributed by atoms with Crippen LogP contribution in [0.1, 0.15) is 13.8 Å². The second-order valence-electron chi connectivity index (χ2n) is 4.68. The van der Waals surface area contributed by atoms with Gasteiger partial charge in [-0.1, -0.05) is 37.0 Å². The van der Waals surface area contributed by atoms with Crippen LogP contribution in [0.2, 0.25) is 10.0 Å². The van der Waals surface area contributed by atoms with Crippen molar-refractivity contribution in [3.63, 3.8) is 0 Å². The molecule has 0 spiro atoms. The van der Waals surface area contributed by atoms with E-state index in [9.17, 15) is 0 Å². The first-order valence-electron chi connectivity index (χ1n) is 6.52. The van der Waals surface area contributed by atoms with E-state index in [1.165, 1.54) is 0 Å². The van der Waals surface area contributed by atoms with Crippen LogP contribution in [0.5, 0.6) is 0 Å². The third kappa shape index (κ3) is 8.53. The highest BCUT2D eigenvalue weighted by molar-refractivity contribution is 14.0. The van der Waals surface area contributed by atoms with Crippen molar-refractivity contribution in [3.8, 4) is 0 Å². The number of nitrogens with one attached hydrogen (secondary N) is 3. The average Bonchev–Trinajstić information content (AvgIpc) is 2.39. The second kappa shape index (κ2) is 11.1. The lowest BCUT2D eigenvalue weighted by atomic mass is 10.2. The zero-order chi connectivity index (χ0) is 15.0. The molecule has 0 aliphatic heterocycles. The van der Waals surface area contributed by atoms with Crippen molar-refractivity contribution in [1.29, 1.82) is 0 Å². The zero-order valence-corrected chi connectivity index (χ0v) is 16.3. The van der Waals surface area contributed by atoms with Crippen LogP contribution in [-0.2, 0) is 0 Å². The summed E-state index contributed by atoms with van der Waals surface area (Å²) in [4.78, 5) is 8.27. The molecule has 0 unspecified atom stereocenters. The molecular formula is C13H22Cl2IN5. The summed E-state index contributed by atoms with van der Waals surface area (Å²) in [6.45, 7) is 6.57. The minimum atomic E-state index is 0. The van der Waals surface area contributed by atoms with E-state index in [4.69, 9.17) is 23.2 Å². The number of pyridine rings is 1. The number of aliphatic imine (C=N–C) groups is 1. The molecule has 1 heterocycles. The van der Waals surface area contributed by atoms with Crippen LogP contribution in [0.4, 0.5) is 5.82 Å². The summed E-state index contributed by atoms with van der Waals surface area (Å²) >= 11 is 11.8. The largest absolute Gasteiger partial charge is 0.367 e. The summed E-state index contributed by atoms with van der Waals surface area (Å²) in [5, 5.41) is 10.6. The standard InChI is InChI=1S/C13H21Cl2N5.HI/c1-9(2)7-20-13(16-3)18-5-4-17-12-11(15)6-10(14)8-19-12;/h6,8-9H,4-5,7H2,1-3H3,(H,17,19)(H2,16,18,20);1H. The summed E-state index contributed by atoms with van der Waals surface area (Å²) in [5.41, 5.74) is 0. The Bertz CT molecular complexity index is 454. The van der Waals surface area contributed by atoms with Crippen molar-refractivity contribution in [2.45, 2.75) is 13.8 Å². The number of rotatable bonds is 6. The van der Waals surface area contributed by atoms with E-state index >= 15 is 0 Å². The maximum atomic E-state index is 6.02. The zero-order valence-electron chi connectivity index (χ0n) is 12.4. The Morgan fingerprint density at radius 2 is 2.00 bits per heavy atom. The number of anilines is 1. The predicted octanol–water partition coefficient (Wildman–Crippen LogP) is 3.24. The predicted molar refractivity (Wildman–Crippen MR) is 102 cm³/mol. The van der Waals surface area contributed by atoms with Crippen molar-refractivity contribution in [2.75, 3.05) is 32.0 Å². The first-order chi connectivity index (χ1) is 9.52. The Morgan fingerprint density at radius 1 is 1.29 bits per heavy atom. The molecule has 21 heavy (non-hydrogen) atoms. The van der Waals surface area contributed by atoms with Crippen molar-refractivity contribution in [2.24, 2.45) is 10.9 Å². The van der Waals surface area contributed by atoms with Crippen LogP contribution in [0.3, 0.4) is 0 Å². The number of aromatic nitrogens is 1. The van der Waals surface area contributed by atoms with Crippen LogP contribution >= 0.6 is 47.2 Å². The molecule has 120 valence electrons. The SMILES string of the molecule is CN=C(NCCNc1ncc(Cl)cc1Cl)NCC(C)C.I. The molecule has 0 fully saturated rings. The molecule has 0 aliphatic carbocycles. The van der Waals surface area contributed by atoms with E-state index in [1.807, 2.05) is 0 Å². The molecule has 0 atom stereocenters. The van der Waals surface area contributed by atoms with Crippen LogP contribution in [-0.4, -0.2) is 37.6 Å². The van der Waals surface area contributed by atoms with Crippen LogP contribution < -0.4 is 16.0 Å². The maximum absolute atomic E-state index is 6.02. The Labute approximate surface area is 153 Å². The van der Waals surface area contributed by atoms with Crippen molar-refractivity contribution in [3.05, 3.63) is 22.3 Å². The molecule has 0 bridgehead atoms. The van der Waals surface area contributed by atoms with Gasteiger partial charge in [0.15, 0.2) is 5.96 Å². The van der Waals surface area contributed by atoms with Gasteiger partial charge in [0.05, 0.1) is 10.0 Å². The molecular weight excluding hydrogens is 424 g/mol. The Balaban J connectivity index is 0.00000400. The van der Waals surface area contributed by atoms with E-state index in [0.29, 0.717) is 34.9 Å². The Hall–Kier alpha value is -0.470.